The number of amides is 1. The smallest absolute Gasteiger partial charge is 0.407 e. The van der Waals surface area contributed by atoms with Crippen LogP contribution in [0.4, 0.5) is 4.79 Å². The summed E-state index contributed by atoms with van der Waals surface area (Å²) in [7, 11) is 1.40. The van der Waals surface area contributed by atoms with E-state index in [2.05, 4.69) is 16.6 Å². The molecule has 1 atom stereocenters. The summed E-state index contributed by atoms with van der Waals surface area (Å²) in [6, 6.07) is 0. The number of ether oxygens (including phenoxy) is 3. The number of nitrogens with one attached hydrogen (secondary N) is 1. The van der Waals surface area contributed by atoms with Gasteiger partial charge in [0.25, 0.3) is 0 Å². The van der Waals surface area contributed by atoms with Crippen molar-refractivity contribution in [1.29, 1.82) is 0 Å². The molecule has 0 aromatic heterocycles. The van der Waals surface area contributed by atoms with Crippen molar-refractivity contribution in [3.8, 4) is 0 Å². The summed E-state index contributed by atoms with van der Waals surface area (Å²) < 4.78 is 14.1. The van der Waals surface area contributed by atoms with Crippen LogP contribution in [0.1, 0.15) is 0 Å². The van der Waals surface area contributed by atoms with E-state index in [9.17, 15) is 9.59 Å². The maximum absolute atomic E-state index is 11.1. The summed E-state index contributed by atoms with van der Waals surface area (Å²) in [5.41, 5.74) is 0. The normalized spacial score (nSPS) is 11.4. The van der Waals surface area contributed by atoms with Crippen LogP contribution in [-0.4, -0.2) is 56.7 Å². The Morgan fingerprint density at radius 3 is 2.71 bits per heavy atom. The predicted molar refractivity (Wildman–Crippen MR) is 58.4 cm³/mol. The lowest BCUT2D eigenvalue weighted by molar-refractivity contribution is -0.137. The molecular weight excluding hydrogens is 230 g/mol. The lowest BCUT2D eigenvalue weighted by Gasteiger charge is -2.12. The van der Waals surface area contributed by atoms with Gasteiger partial charge in [-0.15, -0.1) is 0 Å². The second kappa shape index (κ2) is 9.61. The molecule has 98 valence electrons. The van der Waals surface area contributed by atoms with Crippen molar-refractivity contribution in [2.75, 3.05) is 33.5 Å². The molecule has 0 bridgehead atoms. The van der Waals surface area contributed by atoms with E-state index >= 15 is 0 Å². The molecule has 0 aromatic rings. The average molecular weight is 247 g/mol. The minimum atomic E-state index is -0.671. The van der Waals surface area contributed by atoms with Gasteiger partial charge in [-0.1, -0.05) is 6.58 Å². The topological polar surface area (TPSA) is 94.1 Å². The quantitative estimate of drug-likeness (QED) is 0.339. The van der Waals surface area contributed by atoms with Crippen molar-refractivity contribution in [3.63, 3.8) is 0 Å². The minimum Gasteiger partial charge on any atom is -0.461 e. The van der Waals surface area contributed by atoms with Crippen LogP contribution in [-0.2, 0) is 19.0 Å². The molecule has 0 spiro atoms. The monoisotopic (exact) mass is 247 g/mol. The van der Waals surface area contributed by atoms with Crippen molar-refractivity contribution >= 4 is 12.1 Å². The van der Waals surface area contributed by atoms with Crippen LogP contribution in [0.3, 0.4) is 0 Å². The molecule has 7 nitrogen and oxygen atoms in total. The molecule has 0 saturated carbocycles. The highest BCUT2D eigenvalue weighted by Crippen LogP contribution is 1.90. The highest BCUT2D eigenvalue weighted by molar-refractivity contribution is 5.81. The van der Waals surface area contributed by atoms with Gasteiger partial charge in [-0.2, -0.15) is 0 Å². The summed E-state index contributed by atoms with van der Waals surface area (Å²) in [6.07, 6.45) is -0.183. The number of rotatable bonds is 8. The summed E-state index contributed by atoms with van der Waals surface area (Å²) in [6.45, 7) is 3.10. The van der Waals surface area contributed by atoms with E-state index in [1.807, 2.05) is 0 Å². The van der Waals surface area contributed by atoms with Gasteiger partial charge in [-0.3, -0.25) is 0 Å². The second-order valence-electron chi connectivity index (χ2n) is 2.94. The Bertz CT molecular complexity index is 251. The molecular formula is C10H17NO6. The first kappa shape index (κ1) is 15.4. The van der Waals surface area contributed by atoms with Gasteiger partial charge in [0.1, 0.15) is 19.3 Å². The highest BCUT2D eigenvalue weighted by atomic mass is 16.6. The van der Waals surface area contributed by atoms with E-state index in [-0.39, 0.29) is 26.4 Å². The summed E-state index contributed by atoms with van der Waals surface area (Å²) >= 11 is 0. The highest BCUT2D eigenvalue weighted by Gasteiger charge is 2.09. The molecule has 0 heterocycles. The SMILES string of the molecule is C=CC(=O)OCCNC(=O)OCC(CO)OC. The molecule has 1 unspecified atom stereocenters. The molecule has 1 amide bonds. The number of aliphatic hydroxyl groups is 1. The van der Waals surface area contributed by atoms with Crippen LogP contribution >= 0.6 is 0 Å². The zero-order valence-corrected chi connectivity index (χ0v) is 9.68. The Hall–Kier alpha value is -1.60. The van der Waals surface area contributed by atoms with E-state index in [0.29, 0.717) is 0 Å². The zero-order valence-electron chi connectivity index (χ0n) is 9.68. The summed E-state index contributed by atoms with van der Waals surface area (Å²) in [4.78, 5) is 21.7. The fourth-order valence-corrected chi connectivity index (χ4v) is 0.779. The number of aliphatic hydroxyl groups excluding tert-OH is 1. The number of hydrogen-bond donors (Lipinski definition) is 2. The number of carbonyl (C=O) groups is 2. The Morgan fingerprint density at radius 2 is 2.18 bits per heavy atom. The van der Waals surface area contributed by atoms with Crippen molar-refractivity contribution in [3.05, 3.63) is 12.7 Å². The van der Waals surface area contributed by atoms with E-state index in [1.165, 1.54) is 7.11 Å². The third-order valence-corrected chi connectivity index (χ3v) is 1.72. The molecule has 0 aliphatic carbocycles. The first-order valence-electron chi connectivity index (χ1n) is 4.97. The van der Waals surface area contributed by atoms with Crippen LogP contribution in [0.25, 0.3) is 0 Å². The van der Waals surface area contributed by atoms with E-state index < -0.39 is 18.2 Å². The third kappa shape index (κ3) is 8.23. The van der Waals surface area contributed by atoms with Gasteiger partial charge in [-0.25, -0.2) is 9.59 Å². The van der Waals surface area contributed by atoms with Gasteiger partial charge >= 0.3 is 12.1 Å². The standard InChI is InChI=1S/C10H17NO6/c1-3-9(13)16-5-4-11-10(14)17-7-8(6-12)15-2/h3,8,12H,1,4-7H2,2H3,(H,11,14). The lowest BCUT2D eigenvalue weighted by atomic mass is 10.4. The molecule has 0 saturated heterocycles. The van der Waals surface area contributed by atoms with Crippen LogP contribution < -0.4 is 5.32 Å². The van der Waals surface area contributed by atoms with Crippen LogP contribution in [0.2, 0.25) is 0 Å². The number of carbonyl (C=O) groups excluding carboxylic acids is 2. The lowest BCUT2D eigenvalue weighted by Crippen LogP contribution is -2.32. The van der Waals surface area contributed by atoms with E-state index in [4.69, 9.17) is 14.6 Å². The van der Waals surface area contributed by atoms with E-state index in [0.717, 1.165) is 6.08 Å². The molecule has 2 N–H and O–H groups in total. The Morgan fingerprint density at radius 1 is 1.47 bits per heavy atom. The van der Waals surface area contributed by atoms with Crippen molar-refractivity contribution in [1.82, 2.24) is 5.32 Å². The number of hydrogen-bond acceptors (Lipinski definition) is 6. The maximum atomic E-state index is 11.1. The maximum Gasteiger partial charge on any atom is 0.407 e. The number of alkyl carbamates (subject to hydrolysis) is 1. The van der Waals surface area contributed by atoms with Crippen LogP contribution in [0.5, 0.6) is 0 Å². The van der Waals surface area contributed by atoms with Gasteiger partial charge in [0.2, 0.25) is 0 Å². The molecule has 0 aromatic carbocycles. The first-order valence-corrected chi connectivity index (χ1v) is 4.97. The zero-order chi connectivity index (χ0) is 13.1. The second-order valence-corrected chi connectivity index (χ2v) is 2.94. The van der Waals surface area contributed by atoms with Gasteiger partial charge in [0, 0.05) is 13.2 Å². The molecule has 0 rings (SSSR count). The van der Waals surface area contributed by atoms with Gasteiger partial charge in [0.15, 0.2) is 0 Å². The first-order chi connectivity index (χ1) is 8.13. The van der Waals surface area contributed by atoms with Crippen molar-refractivity contribution in [2.24, 2.45) is 0 Å². The molecule has 0 fully saturated rings. The van der Waals surface area contributed by atoms with Gasteiger partial charge in [-0.05, 0) is 0 Å². The van der Waals surface area contributed by atoms with Gasteiger partial charge < -0.3 is 24.6 Å². The summed E-state index contributed by atoms with van der Waals surface area (Å²) in [5.74, 6) is -0.556. The Labute approximate surface area is 99.3 Å². The van der Waals surface area contributed by atoms with Crippen LogP contribution in [0.15, 0.2) is 12.7 Å². The summed E-state index contributed by atoms with van der Waals surface area (Å²) in [5, 5.41) is 11.1. The number of methoxy groups -OCH3 is 1. The molecule has 0 aliphatic heterocycles. The largest absolute Gasteiger partial charge is 0.461 e. The van der Waals surface area contributed by atoms with Crippen molar-refractivity contribution < 1.29 is 28.9 Å². The van der Waals surface area contributed by atoms with Gasteiger partial charge in [0.05, 0.1) is 13.2 Å². The Balaban J connectivity index is 3.53. The molecule has 0 aliphatic rings. The minimum absolute atomic E-state index is 0.0354. The van der Waals surface area contributed by atoms with Crippen LogP contribution in [0, 0.1) is 0 Å². The average Bonchev–Trinajstić information content (AvgIpc) is 2.35. The third-order valence-electron chi connectivity index (χ3n) is 1.72. The van der Waals surface area contributed by atoms with E-state index in [1.54, 1.807) is 0 Å². The molecule has 17 heavy (non-hydrogen) atoms. The van der Waals surface area contributed by atoms with Crippen molar-refractivity contribution in [2.45, 2.75) is 6.10 Å². The molecule has 0 radical (unpaired) electrons. The fourth-order valence-electron chi connectivity index (χ4n) is 0.779. The fraction of sp³-hybridized carbons (Fsp3) is 0.600. The Kier molecular flexibility index (Phi) is 8.71. The number of esters is 1. The molecule has 7 heteroatoms. The predicted octanol–water partition coefficient (Wildman–Crippen LogP) is -0.551.